The minimum absolute atomic E-state index is 0.0575. The molecule has 0 spiro atoms. The van der Waals surface area contributed by atoms with Gasteiger partial charge in [-0.2, -0.15) is 0 Å². The molecular formula is C14H11IO3. The molecule has 0 aliphatic rings. The molecule has 0 unspecified atom stereocenters. The van der Waals surface area contributed by atoms with E-state index in [0.717, 1.165) is 9.13 Å². The van der Waals surface area contributed by atoms with E-state index in [-0.39, 0.29) is 12.4 Å². The first-order valence-corrected chi connectivity index (χ1v) is 6.44. The number of phenolic OH excluding ortho intramolecular Hbond substituents is 1. The first kappa shape index (κ1) is 12.9. The van der Waals surface area contributed by atoms with Crippen LogP contribution in [0, 0.1) is 3.57 Å². The highest BCUT2D eigenvalue weighted by atomic mass is 127. The first-order chi connectivity index (χ1) is 8.66. The van der Waals surface area contributed by atoms with Gasteiger partial charge in [0.1, 0.15) is 12.4 Å². The van der Waals surface area contributed by atoms with Crippen LogP contribution in [0.2, 0.25) is 0 Å². The van der Waals surface area contributed by atoms with Crippen LogP contribution in [-0.4, -0.2) is 11.1 Å². The zero-order valence-corrected chi connectivity index (χ0v) is 11.6. The zero-order valence-electron chi connectivity index (χ0n) is 9.47. The molecule has 0 aromatic heterocycles. The lowest BCUT2D eigenvalue weighted by Crippen LogP contribution is -2.07. The molecule has 2 rings (SSSR count). The highest BCUT2D eigenvalue weighted by Gasteiger charge is 2.12. The maximum atomic E-state index is 11.9. The van der Waals surface area contributed by atoms with Crippen LogP contribution in [0.15, 0.2) is 48.5 Å². The third-order valence-corrected chi connectivity index (χ3v) is 3.32. The van der Waals surface area contributed by atoms with E-state index in [9.17, 15) is 9.90 Å². The molecule has 2 aromatic carbocycles. The number of halogens is 1. The molecule has 0 radical (unpaired) electrons. The normalized spacial score (nSPS) is 10.1. The van der Waals surface area contributed by atoms with Gasteiger partial charge in [0.2, 0.25) is 0 Å². The van der Waals surface area contributed by atoms with Crippen molar-refractivity contribution in [3.05, 3.63) is 63.2 Å². The second-order valence-corrected chi connectivity index (χ2v) is 4.89. The molecule has 2 aromatic rings. The van der Waals surface area contributed by atoms with Crippen molar-refractivity contribution < 1.29 is 14.6 Å². The first-order valence-electron chi connectivity index (χ1n) is 5.36. The molecule has 0 amide bonds. The van der Waals surface area contributed by atoms with Crippen LogP contribution < -0.4 is 0 Å². The third-order valence-electron chi connectivity index (χ3n) is 2.38. The van der Waals surface area contributed by atoms with Gasteiger partial charge in [0.25, 0.3) is 0 Å². The van der Waals surface area contributed by atoms with E-state index >= 15 is 0 Å². The molecule has 1 N–H and O–H groups in total. The summed E-state index contributed by atoms with van der Waals surface area (Å²) in [6, 6.07) is 14.1. The van der Waals surface area contributed by atoms with Gasteiger partial charge in [-0.25, -0.2) is 4.79 Å². The Hall–Kier alpha value is -1.56. The number of rotatable bonds is 3. The average Bonchev–Trinajstić information content (AvgIpc) is 2.40. The summed E-state index contributed by atoms with van der Waals surface area (Å²) < 4.78 is 5.95. The Morgan fingerprint density at radius 2 is 1.89 bits per heavy atom. The maximum Gasteiger partial charge on any atom is 0.339 e. The zero-order chi connectivity index (χ0) is 13.0. The number of hydrogen-bond donors (Lipinski definition) is 1. The molecule has 0 saturated heterocycles. The Morgan fingerprint density at radius 3 is 2.61 bits per heavy atom. The number of esters is 1. The van der Waals surface area contributed by atoms with Gasteiger partial charge in [-0.05, 0) is 46.4 Å². The van der Waals surface area contributed by atoms with Crippen LogP contribution in [0.1, 0.15) is 15.9 Å². The van der Waals surface area contributed by atoms with Crippen molar-refractivity contribution in [1.29, 1.82) is 0 Å². The lowest BCUT2D eigenvalue weighted by Gasteiger charge is -2.06. The Labute approximate surface area is 119 Å². The smallest absolute Gasteiger partial charge is 0.339 e. The summed E-state index contributed by atoms with van der Waals surface area (Å²) in [4.78, 5) is 11.9. The molecule has 0 aliphatic heterocycles. The summed E-state index contributed by atoms with van der Waals surface area (Å²) in [5, 5.41) is 9.36. The lowest BCUT2D eigenvalue weighted by atomic mass is 10.2. The predicted molar refractivity (Wildman–Crippen MR) is 76.4 cm³/mol. The van der Waals surface area contributed by atoms with E-state index in [1.54, 1.807) is 6.07 Å². The molecule has 0 bridgehead atoms. The van der Waals surface area contributed by atoms with Gasteiger partial charge in [0, 0.05) is 3.57 Å². The van der Waals surface area contributed by atoms with Crippen molar-refractivity contribution in [2.75, 3.05) is 0 Å². The van der Waals surface area contributed by atoms with E-state index in [4.69, 9.17) is 4.74 Å². The van der Waals surface area contributed by atoms with Crippen molar-refractivity contribution in [3.8, 4) is 5.75 Å². The van der Waals surface area contributed by atoms with E-state index in [1.165, 1.54) is 12.1 Å². The molecule has 92 valence electrons. The molecule has 0 fully saturated rings. The van der Waals surface area contributed by atoms with Gasteiger partial charge in [0.05, 0.1) is 5.56 Å². The molecule has 0 aliphatic carbocycles. The SMILES string of the molecule is O=C(OCc1ccccc1)c1cc(O)ccc1I. The average molecular weight is 354 g/mol. The lowest BCUT2D eigenvalue weighted by molar-refractivity contribution is 0.0471. The maximum absolute atomic E-state index is 11.9. The summed E-state index contributed by atoms with van der Waals surface area (Å²) in [6.07, 6.45) is 0. The van der Waals surface area contributed by atoms with E-state index in [2.05, 4.69) is 0 Å². The van der Waals surface area contributed by atoms with E-state index < -0.39 is 5.97 Å². The standard InChI is InChI=1S/C14H11IO3/c15-13-7-6-11(16)8-12(13)14(17)18-9-10-4-2-1-3-5-10/h1-8,16H,9H2. The largest absolute Gasteiger partial charge is 0.508 e. The Bertz CT molecular complexity index is 552. The van der Waals surface area contributed by atoms with Crippen LogP contribution in [0.25, 0.3) is 0 Å². The number of aromatic hydroxyl groups is 1. The number of carbonyl (C=O) groups is 1. The molecule has 0 atom stereocenters. The van der Waals surface area contributed by atoms with E-state index in [1.807, 2.05) is 52.9 Å². The van der Waals surface area contributed by atoms with Crippen molar-refractivity contribution in [1.82, 2.24) is 0 Å². The van der Waals surface area contributed by atoms with Gasteiger partial charge in [0.15, 0.2) is 0 Å². The molecule has 4 heteroatoms. The van der Waals surface area contributed by atoms with Gasteiger partial charge in [-0.1, -0.05) is 30.3 Å². The van der Waals surface area contributed by atoms with Crippen LogP contribution in [0.4, 0.5) is 0 Å². The minimum atomic E-state index is -0.431. The van der Waals surface area contributed by atoms with Crippen molar-refractivity contribution >= 4 is 28.6 Å². The minimum Gasteiger partial charge on any atom is -0.508 e. The highest BCUT2D eigenvalue weighted by molar-refractivity contribution is 14.1. The summed E-state index contributed by atoms with van der Waals surface area (Å²) in [7, 11) is 0. The second kappa shape index (κ2) is 5.86. The topological polar surface area (TPSA) is 46.5 Å². The van der Waals surface area contributed by atoms with Crippen molar-refractivity contribution in [3.63, 3.8) is 0 Å². The number of phenols is 1. The molecule has 18 heavy (non-hydrogen) atoms. The van der Waals surface area contributed by atoms with Crippen molar-refractivity contribution in [2.45, 2.75) is 6.61 Å². The summed E-state index contributed by atoms with van der Waals surface area (Å²) >= 11 is 2.03. The van der Waals surface area contributed by atoms with Crippen molar-refractivity contribution in [2.24, 2.45) is 0 Å². The predicted octanol–water partition coefficient (Wildman–Crippen LogP) is 3.35. The Morgan fingerprint density at radius 1 is 1.17 bits per heavy atom. The molecule has 0 heterocycles. The number of hydrogen-bond acceptors (Lipinski definition) is 3. The summed E-state index contributed by atoms with van der Waals surface area (Å²) in [5.74, 6) is -0.374. The number of carbonyl (C=O) groups excluding carboxylic acids is 1. The van der Waals surface area contributed by atoms with Crippen LogP contribution >= 0.6 is 22.6 Å². The summed E-state index contributed by atoms with van der Waals surface area (Å²) in [6.45, 7) is 0.228. The second-order valence-electron chi connectivity index (χ2n) is 3.73. The highest BCUT2D eigenvalue weighted by Crippen LogP contribution is 2.19. The molecule has 3 nitrogen and oxygen atoms in total. The van der Waals surface area contributed by atoms with Crippen LogP contribution in [0.3, 0.4) is 0 Å². The van der Waals surface area contributed by atoms with Gasteiger partial charge >= 0.3 is 5.97 Å². The summed E-state index contributed by atoms with van der Waals surface area (Å²) in [5.41, 5.74) is 1.31. The van der Waals surface area contributed by atoms with E-state index in [0.29, 0.717) is 5.56 Å². The Kier molecular flexibility index (Phi) is 4.19. The van der Waals surface area contributed by atoms with Gasteiger partial charge < -0.3 is 9.84 Å². The quantitative estimate of drug-likeness (QED) is 0.679. The molecular weight excluding hydrogens is 343 g/mol. The van der Waals surface area contributed by atoms with Gasteiger partial charge in [-0.3, -0.25) is 0 Å². The third kappa shape index (κ3) is 3.22. The monoisotopic (exact) mass is 354 g/mol. The van der Waals surface area contributed by atoms with Crippen LogP contribution in [0.5, 0.6) is 5.75 Å². The Balaban J connectivity index is 2.06. The van der Waals surface area contributed by atoms with Crippen LogP contribution in [-0.2, 0) is 11.3 Å². The fraction of sp³-hybridized carbons (Fsp3) is 0.0714. The number of ether oxygens (including phenoxy) is 1. The molecule has 0 saturated carbocycles. The van der Waals surface area contributed by atoms with Gasteiger partial charge in [-0.15, -0.1) is 0 Å². The fourth-order valence-corrected chi connectivity index (χ4v) is 2.03. The number of benzene rings is 2. The fourth-order valence-electron chi connectivity index (χ4n) is 1.47.